The number of benzene rings is 1. The Balaban J connectivity index is 0.00000225. The summed E-state index contributed by atoms with van der Waals surface area (Å²) < 4.78 is 5.43. The summed E-state index contributed by atoms with van der Waals surface area (Å²) in [5.74, 6) is 1.73. The van der Waals surface area contributed by atoms with Crippen molar-refractivity contribution in [3.8, 4) is 0 Å². The van der Waals surface area contributed by atoms with E-state index >= 15 is 0 Å². The van der Waals surface area contributed by atoms with Crippen molar-refractivity contribution in [2.45, 2.75) is 25.8 Å². The minimum Gasteiger partial charge on any atom is -0.381 e. The first-order valence-corrected chi connectivity index (χ1v) is 8.82. The van der Waals surface area contributed by atoms with Crippen molar-refractivity contribution in [1.29, 1.82) is 0 Å². The first kappa shape index (κ1) is 20.0. The van der Waals surface area contributed by atoms with Crippen molar-refractivity contribution in [1.82, 2.24) is 15.2 Å². The smallest absolute Gasteiger partial charge is 0.193 e. The minimum atomic E-state index is 0. The third-order valence-corrected chi connectivity index (χ3v) is 4.81. The highest BCUT2D eigenvalue weighted by Gasteiger charge is 2.15. The molecule has 0 bridgehead atoms. The van der Waals surface area contributed by atoms with Crippen LogP contribution in [0.1, 0.15) is 25.0 Å². The van der Waals surface area contributed by atoms with Crippen molar-refractivity contribution in [3.63, 3.8) is 0 Å². The Kier molecular flexibility index (Phi) is 8.02. The summed E-state index contributed by atoms with van der Waals surface area (Å²) >= 11 is 0. The van der Waals surface area contributed by atoms with Gasteiger partial charge < -0.3 is 19.9 Å². The van der Waals surface area contributed by atoms with Gasteiger partial charge >= 0.3 is 0 Å². The second kappa shape index (κ2) is 10.0. The number of para-hydroxylation sites is 1. The van der Waals surface area contributed by atoms with Crippen LogP contribution in [0.25, 0.3) is 10.9 Å². The fourth-order valence-electron chi connectivity index (χ4n) is 3.30. The van der Waals surface area contributed by atoms with Crippen LogP contribution in [0.5, 0.6) is 0 Å². The molecule has 1 aliphatic heterocycles. The number of aromatic amines is 1. The molecule has 3 rings (SSSR count). The number of H-pyrrole nitrogens is 1. The van der Waals surface area contributed by atoms with E-state index in [1.165, 1.54) is 35.9 Å². The van der Waals surface area contributed by atoms with Crippen LogP contribution in [0, 0.1) is 5.92 Å². The largest absolute Gasteiger partial charge is 0.381 e. The molecule has 25 heavy (non-hydrogen) atoms. The Morgan fingerprint density at radius 1 is 1.32 bits per heavy atom. The Labute approximate surface area is 167 Å². The lowest BCUT2D eigenvalue weighted by molar-refractivity contribution is 0.0625. The van der Waals surface area contributed by atoms with E-state index in [4.69, 9.17) is 4.74 Å². The maximum atomic E-state index is 5.43. The number of fused-ring (bicyclic) bond motifs is 1. The van der Waals surface area contributed by atoms with E-state index in [-0.39, 0.29) is 24.0 Å². The van der Waals surface area contributed by atoms with Crippen LogP contribution < -0.4 is 5.32 Å². The predicted octanol–water partition coefficient (Wildman–Crippen LogP) is 3.61. The normalized spacial score (nSPS) is 15.8. The van der Waals surface area contributed by atoms with Crippen molar-refractivity contribution in [3.05, 3.63) is 36.0 Å². The van der Waals surface area contributed by atoms with Crippen LogP contribution in [0.2, 0.25) is 0 Å². The van der Waals surface area contributed by atoms with E-state index in [0.717, 1.165) is 38.2 Å². The lowest BCUT2D eigenvalue weighted by Crippen LogP contribution is -2.39. The topological polar surface area (TPSA) is 52.7 Å². The molecule has 1 saturated heterocycles. The van der Waals surface area contributed by atoms with Gasteiger partial charge in [0.15, 0.2) is 5.96 Å². The molecule has 1 aromatic heterocycles. The molecule has 2 N–H and O–H groups in total. The molecule has 2 heterocycles. The zero-order valence-corrected chi connectivity index (χ0v) is 17.5. The predicted molar refractivity (Wildman–Crippen MR) is 115 cm³/mol. The van der Waals surface area contributed by atoms with Crippen molar-refractivity contribution in [2.24, 2.45) is 10.9 Å². The fraction of sp³-hybridized carbons (Fsp3) is 0.526. The number of aromatic nitrogens is 1. The van der Waals surface area contributed by atoms with Crippen LogP contribution in [0.4, 0.5) is 0 Å². The Bertz CT molecular complexity index is 646. The maximum Gasteiger partial charge on any atom is 0.193 e. The summed E-state index contributed by atoms with van der Waals surface area (Å²) in [5, 5.41) is 4.70. The zero-order valence-electron chi connectivity index (χ0n) is 15.1. The minimum absolute atomic E-state index is 0. The third-order valence-electron chi connectivity index (χ3n) is 4.81. The van der Waals surface area contributed by atoms with Gasteiger partial charge in [-0.1, -0.05) is 18.2 Å². The van der Waals surface area contributed by atoms with Gasteiger partial charge in [-0.2, -0.15) is 0 Å². The van der Waals surface area contributed by atoms with Gasteiger partial charge in [-0.05, 0) is 42.7 Å². The summed E-state index contributed by atoms with van der Waals surface area (Å²) in [6.07, 6.45) is 3.58. The Hall–Kier alpha value is -1.28. The van der Waals surface area contributed by atoms with E-state index in [1.807, 2.05) is 7.05 Å². The van der Waals surface area contributed by atoms with Gasteiger partial charge in [0, 0.05) is 45.1 Å². The molecule has 0 spiro atoms. The maximum absolute atomic E-state index is 5.43. The van der Waals surface area contributed by atoms with Crippen LogP contribution in [-0.4, -0.2) is 49.7 Å². The van der Waals surface area contributed by atoms with Gasteiger partial charge in [0.05, 0.1) is 6.54 Å². The quantitative estimate of drug-likeness (QED) is 0.411. The molecule has 0 atom stereocenters. The van der Waals surface area contributed by atoms with Gasteiger partial charge in [-0.25, -0.2) is 0 Å². The van der Waals surface area contributed by atoms with Crippen LogP contribution in [0.15, 0.2) is 35.3 Å². The van der Waals surface area contributed by atoms with E-state index in [1.54, 1.807) is 0 Å². The fourth-order valence-corrected chi connectivity index (χ4v) is 3.30. The molecule has 2 aromatic rings. The monoisotopic (exact) mass is 456 g/mol. The van der Waals surface area contributed by atoms with Crippen molar-refractivity contribution < 1.29 is 4.74 Å². The highest BCUT2D eigenvalue weighted by atomic mass is 127. The standard InChI is InChI=1S/C19H28N4O.HI/c1-20-19(23(2)10-7-15-8-11-24-12-9-15)21-14-17-13-16-5-3-4-6-18(16)22-17;/h3-6,13,15,22H,7-12,14H2,1-2H3,(H,20,21);1H. The van der Waals surface area contributed by atoms with E-state index < -0.39 is 0 Å². The second-order valence-electron chi connectivity index (χ2n) is 6.55. The molecular formula is C19H29IN4O. The highest BCUT2D eigenvalue weighted by molar-refractivity contribution is 14.0. The zero-order chi connectivity index (χ0) is 16.8. The average molecular weight is 456 g/mol. The summed E-state index contributed by atoms with van der Waals surface area (Å²) in [7, 11) is 3.96. The second-order valence-corrected chi connectivity index (χ2v) is 6.55. The van der Waals surface area contributed by atoms with Crippen LogP contribution in [0.3, 0.4) is 0 Å². The molecule has 5 nitrogen and oxygen atoms in total. The number of hydrogen-bond acceptors (Lipinski definition) is 2. The van der Waals surface area contributed by atoms with Crippen molar-refractivity contribution >= 4 is 40.8 Å². The molecule has 0 unspecified atom stereocenters. The molecule has 0 radical (unpaired) electrons. The van der Waals surface area contributed by atoms with Gasteiger partial charge in [0.2, 0.25) is 0 Å². The van der Waals surface area contributed by atoms with Gasteiger partial charge in [-0.15, -0.1) is 24.0 Å². The summed E-state index contributed by atoms with van der Waals surface area (Å²) in [6.45, 7) is 3.61. The van der Waals surface area contributed by atoms with E-state index in [2.05, 4.69) is 57.6 Å². The van der Waals surface area contributed by atoms with E-state index in [0.29, 0.717) is 0 Å². The molecular weight excluding hydrogens is 427 g/mol. The molecule has 1 aliphatic rings. The third kappa shape index (κ3) is 5.60. The molecule has 1 fully saturated rings. The number of nitrogens with one attached hydrogen (secondary N) is 2. The highest BCUT2D eigenvalue weighted by Crippen LogP contribution is 2.18. The summed E-state index contributed by atoms with van der Waals surface area (Å²) in [4.78, 5) is 10.1. The van der Waals surface area contributed by atoms with E-state index in [9.17, 15) is 0 Å². The number of hydrogen-bond donors (Lipinski definition) is 2. The van der Waals surface area contributed by atoms with Gasteiger partial charge in [0.25, 0.3) is 0 Å². The number of guanidine groups is 1. The number of ether oxygens (including phenoxy) is 1. The molecule has 6 heteroatoms. The Morgan fingerprint density at radius 2 is 2.08 bits per heavy atom. The first-order chi connectivity index (χ1) is 11.8. The molecule has 138 valence electrons. The number of halogens is 1. The molecule has 1 aromatic carbocycles. The molecule has 0 amide bonds. The summed E-state index contributed by atoms with van der Waals surface area (Å²) in [6, 6.07) is 10.5. The Morgan fingerprint density at radius 3 is 2.80 bits per heavy atom. The number of nitrogens with zero attached hydrogens (tertiary/aromatic N) is 2. The van der Waals surface area contributed by atoms with Gasteiger partial charge in [-0.3, -0.25) is 4.99 Å². The SMILES string of the molecule is CN=C(NCc1cc2ccccc2[nH]1)N(C)CCC1CCOCC1.I. The first-order valence-electron chi connectivity index (χ1n) is 8.82. The van der Waals surface area contributed by atoms with Crippen molar-refractivity contribution in [2.75, 3.05) is 33.9 Å². The number of aliphatic imine (C=N–C) groups is 1. The average Bonchev–Trinajstić information content (AvgIpc) is 3.04. The van der Waals surface area contributed by atoms with Crippen LogP contribution in [-0.2, 0) is 11.3 Å². The molecule has 0 aliphatic carbocycles. The summed E-state index contributed by atoms with van der Waals surface area (Å²) in [5.41, 5.74) is 2.35. The lowest BCUT2D eigenvalue weighted by atomic mass is 9.96. The number of rotatable bonds is 5. The lowest BCUT2D eigenvalue weighted by Gasteiger charge is -2.26. The van der Waals surface area contributed by atoms with Crippen LogP contribution >= 0.6 is 24.0 Å². The molecule has 0 saturated carbocycles. The van der Waals surface area contributed by atoms with Gasteiger partial charge in [0.1, 0.15) is 0 Å².